The maximum atomic E-state index is 13.7. The van der Waals surface area contributed by atoms with Crippen LogP contribution in [0, 0.1) is 23.3 Å². The SMILES string of the molecule is Nc1nc(N)c2cc(Sc3c(F)c(F)cc(F)c3F)ccc2n1. The molecule has 1 aromatic heterocycles. The normalized spacial score (nSPS) is 11.1. The minimum absolute atomic E-state index is 0.0142. The number of nitrogens with two attached hydrogens (primary N) is 2. The molecule has 0 saturated carbocycles. The summed E-state index contributed by atoms with van der Waals surface area (Å²) in [5.41, 5.74) is 11.6. The average Bonchev–Trinajstić information content (AvgIpc) is 2.50. The van der Waals surface area contributed by atoms with E-state index in [4.69, 9.17) is 11.5 Å². The van der Waals surface area contributed by atoms with Crippen molar-refractivity contribution < 1.29 is 17.6 Å². The van der Waals surface area contributed by atoms with E-state index in [0.29, 0.717) is 27.6 Å². The van der Waals surface area contributed by atoms with Crippen molar-refractivity contribution >= 4 is 34.4 Å². The zero-order chi connectivity index (χ0) is 16.7. The van der Waals surface area contributed by atoms with Crippen LogP contribution in [0.3, 0.4) is 0 Å². The molecule has 0 atom stereocenters. The Bertz CT molecular complexity index is 906. The number of nitrogen functional groups attached to an aromatic ring is 2. The molecule has 23 heavy (non-hydrogen) atoms. The predicted molar refractivity (Wildman–Crippen MR) is 78.8 cm³/mol. The molecule has 0 saturated heterocycles. The second kappa shape index (κ2) is 5.58. The molecular formula is C14H8F4N4S. The Labute approximate surface area is 131 Å². The monoisotopic (exact) mass is 340 g/mol. The molecule has 0 unspecified atom stereocenters. The van der Waals surface area contributed by atoms with Crippen LogP contribution in [0.25, 0.3) is 10.9 Å². The van der Waals surface area contributed by atoms with Gasteiger partial charge in [-0.2, -0.15) is 4.98 Å². The van der Waals surface area contributed by atoms with Crippen LogP contribution in [0.15, 0.2) is 34.1 Å². The lowest BCUT2D eigenvalue weighted by molar-refractivity contribution is 0.426. The molecule has 4 nitrogen and oxygen atoms in total. The number of fused-ring (bicyclic) bond motifs is 1. The van der Waals surface area contributed by atoms with E-state index in [1.54, 1.807) is 0 Å². The van der Waals surface area contributed by atoms with Crippen molar-refractivity contribution in [2.75, 3.05) is 11.5 Å². The van der Waals surface area contributed by atoms with Crippen LogP contribution in [0.1, 0.15) is 0 Å². The first-order chi connectivity index (χ1) is 10.9. The number of hydrogen-bond donors (Lipinski definition) is 2. The summed E-state index contributed by atoms with van der Waals surface area (Å²) in [6, 6.07) is 4.60. The molecule has 4 N–H and O–H groups in total. The van der Waals surface area contributed by atoms with Gasteiger partial charge in [-0.3, -0.25) is 0 Å². The number of hydrogen-bond acceptors (Lipinski definition) is 5. The Kier molecular flexibility index (Phi) is 3.72. The molecule has 0 fully saturated rings. The van der Waals surface area contributed by atoms with Crippen LogP contribution in [-0.4, -0.2) is 9.97 Å². The highest BCUT2D eigenvalue weighted by atomic mass is 32.2. The Morgan fingerprint density at radius 1 is 0.870 bits per heavy atom. The topological polar surface area (TPSA) is 77.8 Å². The fourth-order valence-electron chi connectivity index (χ4n) is 1.97. The van der Waals surface area contributed by atoms with Gasteiger partial charge in [-0.15, -0.1) is 0 Å². The fourth-order valence-corrected chi connectivity index (χ4v) is 2.89. The quantitative estimate of drug-likeness (QED) is 0.551. The highest BCUT2D eigenvalue weighted by molar-refractivity contribution is 7.99. The third-order valence-electron chi connectivity index (χ3n) is 3.01. The molecule has 1 heterocycles. The van der Waals surface area contributed by atoms with Crippen LogP contribution in [0.4, 0.5) is 29.3 Å². The molecule has 118 valence electrons. The van der Waals surface area contributed by atoms with E-state index in [9.17, 15) is 17.6 Å². The number of anilines is 2. The molecule has 0 aliphatic rings. The number of rotatable bonds is 2. The van der Waals surface area contributed by atoms with Crippen molar-refractivity contribution in [2.24, 2.45) is 0 Å². The second-order valence-electron chi connectivity index (χ2n) is 4.55. The van der Waals surface area contributed by atoms with Gasteiger partial charge in [-0.05, 0) is 18.2 Å². The first-order valence-corrected chi connectivity index (χ1v) is 7.02. The van der Waals surface area contributed by atoms with Crippen molar-refractivity contribution in [3.63, 3.8) is 0 Å². The zero-order valence-electron chi connectivity index (χ0n) is 11.3. The van der Waals surface area contributed by atoms with E-state index in [0.717, 1.165) is 0 Å². The molecule has 9 heteroatoms. The summed E-state index contributed by atoms with van der Waals surface area (Å²) in [5.74, 6) is -5.79. The lowest BCUT2D eigenvalue weighted by atomic mass is 10.2. The Balaban J connectivity index is 2.09. The van der Waals surface area contributed by atoms with Gasteiger partial charge in [0.25, 0.3) is 0 Å². The number of benzene rings is 2. The first-order valence-electron chi connectivity index (χ1n) is 6.20. The number of aromatic nitrogens is 2. The van der Waals surface area contributed by atoms with E-state index in [-0.39, 0.29) is 17.8 Å². The van der Waals surface area contributed by atoms with Crippen molar-refractivity contribution in [1.82, 2.24) is 9.97 Å². The molecule has 0 bridgehead atoms. The lowest BCUT2D eigenvalue weighted by Gasteiger charge is -2.08. The van der Waals surface area contributed by atoms with Crippen LogP contribution < -0.4 is 11.5 Å². The van der Waals surface area contributed by atoms with Gasteiger partial charge in [0.2, 0.25) is 5.95 Å². The highest BCUT2D eigenvalue weighted by Gasteiger charge is 2.20. The van der Waals surface area contributed by atoms with Gasteiger partial charge < -0.3 is 11.5 Å². The van der Waals surface area contributed by atoms with Gasteiger partial charge in [0.15, 0.2) is 23.3 Å². The highest BCUT2D eigenvalue weighted by Crippen LogP contribution is 2.36. The predicted octanol–water partition coefficient (Wildman–Crippen LogP) is 3.50. The third-order valence-corrected chi connectivity index (χ3v) is 4.06. The summed E-state index contributed by atoms with van der Waals surface area (Å²) in [4.78, 5) is 7.26. The molecule has 0 spiro atoms. The molecule has 3 aromatic rings. The van der Waals surface area contributed by atoms with Gasteiger partial charge in [0.05, 0.1) is 10.4 Å². The molecule has 0 aliphatic carbocycles. The van der Waals surface area contributed by atoms with Gasteiger partial charge in [0.1, 0.15) is 5.82 Å². The van der Waals surface area contributed by atoms with Gasteiger partial charge in [-0.25, -0.2) is 22.5 Å². The lowest BCUT2D eigenvalue weighted by Crippen LogP contribution is -2.00. The van der Waals surface area contributed by atoms with Gasteiger partial charge in [0, 0.05) is 16.3 Å². The largest absolute Gasteiger partial charge is 0.383 e. The summed E-state index contributed by atoms with van der Waals surface area (Å²) < 4.78 is 53.9. The summed E-state index contributed by atoms with van der Waals surface area (Å²) in [6.45, 7) is 0. The molecule has 0 amide bonds. The van der Waals surface area contributed by atoms with Crippen molar-refractivity contribution in [1.29, 1.82) is 0 Å². The van der Waals surface area contributed by atoms with Gasteiger partial charge >= 0.3 is 0 Å². The fraction of sp³-hybridized carbons (Fsp3) is 0. The average molecular weight is 340 g/mol. The summed E-state index contributed by atoms with van der Waals surface area (Å²) in [6.07, 6.45) is 0. The zero-order valence-corrected chi connectivity index (χ0v) is 12.1. The molecule has 0 aliphatic heterocycles. The molecule has 2 aromatic carbocycles. The van der Waals surface area contributed by atoms with Crippen LogP contribution in [-0.2, 0) is 0 Å². The van der Waals surface area contributed by atoms with Gasteiger partial charge in [-0.1, -0.05) is 11.8 Å². The number of nitrogens with zero attached hydrogens (tertiary/aromatic N) is 2. The maximum Gasteiger partial charge on any atom is 0.222 e. The van der Waals surface area contributed by atoms with Crippen LogP contribution in [0.5, 0.6) is 0 Å². The number of halogens is 4. The smallest absolute Gasteiger partial charge is 0.222 e. The van der Waals surface area contributed by atoms with E-state index < -0.39 is 28.2 Å². The van der Waals surface area contributed by atoms with Crippen molar-refractivity contribution in [2.45, 2.75) is 9.79 Å². The second-order valence-corrected chi connectivity index (χ2v) is 5.63. The first kappa shape index (κ1) is 15.3. The Hall–Kier alpha value is -2.55. The maximum absolute atomic E-state index is 13.7. The van der Waals surface area contributed by atoms with E-state index in [2.05, 4.69) is 9.97 Å². The van der Waals surface area contributed by atoms with E-state index >= 15 is 0 Å². The third kappa shape index (κ3) is 2.74. The Morgan fingerprint density at radius 3 is 2.17 bits per heavy atom. The molecular weight excluding hydrogens is 332 g/mol. The Morgan fingerprint density at radius 2 is 1.52 bits per heavy atom. The minimum atomic E-state index is -1.47. The summed E-state index contributed by atoms with van der Waals surface area (Å²) in [5, 5.41) is 0.405. The van der Waals surface area contributed by atoms with E-state index in [1.807, 2.05) is 0 Å². The minimum Gasteiger partial charge on any atom is -0.383 e. The van der Waals surface area contributed by atoms with E-state index in [1.165, 1.54) is 18.2 Å². The van der Waals surface area contributed by atoms with Crippen LogP contribution in [0.2, 0.25) is 0 Å². The van der Waals surface area contributed by atoms with Crippen LogP contribution >= 0.6 is 11.8 Å². The standard InChI is InChI=1S/C14H8F4N4S/c15-7-4-8(16)11(18)12(10(7)17)23-5-1-2-9-6(3-5)13(19)22-14(20)21-9/h1-4H,(H4,19,20,21,22). The van der Waals surface area contributed by atoms with Crippen molar-refractivity contribution in [3.05, 3.63) is 47.5 Å². The summed E-state index contributed by atoms with van der Waals surface area (Å²) >= 11 is 0.525. The van der Waals surface area contributed by atoms with Crippen molar-refractivity contribution in [3.8, 4) is 0 Å². The molecule has 3 rings (SSSR count). The summed E-state index contributed by atoms with van der Waals surface area (Å²) in [7, 11) is 0. The molecule has 0 radical (unpaired) electrons.